The van der Waals surface area contributed by atoms with E-state index in [2.05, 4.69) is 32.8 Å². The molecule has 1 aromatic heterocycles. The van der Waals surface area contributed by atoms with Gasteiger partial charge in [-0.25, -0.2) is 0 Å². The Labute approximate surface area is 89.3 Å². The van der Waals surface area contributed by atoms with Gasteiger partial charge in [0.05, 0.1) is 4.43 Å². The van der Waals surface area contributed by atoms with Crippen LogP contribution in [0.4, 0.5) is 0 Å². The second-order valence-electron chi connectivity index (χ2n) is 2.50. The molecular weight excluding hydrogens is 279 g/mol. The lowest BCUT2D eigenvalue weighted by Crippen LogP contribution is -1.75. The SMILES string of the molecule is ICc1nnc(-c2ccccc2)o1. The molecule has 1 aromatic carbocycles. The quantitative estimate of drug-likeness (QED) is 0.629. The second-order valence-corrected chi connectivity index (χ2v) is 3.26. The Balaban J connectivity index is 2.36. The Morgan fingerprint density at radius 3 is 2.54 bits per heavy atom. The minimum atomic E-state index is 0.590. The minimum absolute atomic E-state index is 0.590. The normalized spacial score (nSPS) is 10.2. The highest BCUT2D eigenvalue weighted by atomic mass is 127. The van der Waals surface area contributed by atoms with Gasteiger partial charge in [0.15, 0.2) is 0 Å². The van der Waals surface area contributed by atoms with E-state index in [9.17, 15) is 0 Å². The Kier molecular flexibility index (Phi) is 2.58. The average molecular weight is 286 g/mol. The standard InChI is InChI=1S/C9H7IN2O/c10-6-8-11-12-9(13-8)7-4-2-1-3-5-7/h1-5H,6H2. The maximum absolute atomic E-state index is 5.39. The molecule has 0 saturated carbocycles. The van der Waals surface area contributed by atoms with E-state index in [0.717, 1.165) is 9.99 Å². The Bertz CT molecular complexity index is 386. The molecule has 0 N–H and O–H groups in total. The molecule has 0 radical (unpaired) electrons. The van der Waals surface area contributed by atoms with Gasteiger partial charge < -0.3 is 4.42 Å². The zero-order valence-electron chi connectivity index (χ0n) is 6.77. The number of hydrogen-bond acceptors (Lipinski definition) is 3. The predicted molar refractivity (Wildman–Crippen MR) is 57.5 cm³/mol. The summed E-state index contributed by atoms with van der Waals surface area (Å²) in [7, 11) is 0. The van der Waals surface area contributed by atoms with Gasteiger partial charge in [-0.3, -0.25) is 0 Å². The number of aromatic nitrogens is 2. The fourth-order valence-corrected chi connectivity index (χ4v) is 1.31. The minimum Gasteiger partial charge on any atom is -0.420 e. The van der Waals surface area contributed by atoms with Crippen molar-refractivity contribution in [3.05, 3.63) is 36.2 Å². The van der Waals surface area contributed by atoms with Gasteiger partial charge in [0.1, 0.15) is 0 Å². The molecular formula is C9H7IN2O. The molecule has 0 bridgehead atoms. The lowest BCUT2D eigenvalue weighted by molar-refractivity contribution is 0.531. The zero-order valence-corrected chi connectivity index (χ0v) is 8.93. The van der Waals surface area contributed by atoms with Gasteiger partial charge in [-0.1, -0.05) is 40.8 Å². The number of hydrogen-bond donors (Lipinski definition) is 0. The maximum Gasteiger partial charge on any atom is 0.247 e. The fraction of sp³-hybridized carbons (Fsp3) is 0.111. The van der Waals surface area contributed by atoms with Gasteiger partial charge in [0.2, 0.25) is 11.8 Å². The molecule has 0 amide bonds. The van der Waals surface area contributed by atoms with Crippen molar-refractivity contribution < 1.29 is 4.42 Å². The lowest BCUT2D eigenvalue weighted by atomic mass is 10.2. The van der Waals surface area contributed by atoms with E-state index in [0.29, 0.717) is 11.8 Å². The van der Waals surface area contributed by atoms with Gasteiger partial charge in [-0.15, -0.1) is 10.2 Å². The summed E-state index contributed by atoms with van der Waals surface area (Å²) in [4.78, 5) is 0. The van der Waals surface area contributed by atoms with Gasteiger partial charge in [0, 0.05) is 5.56 Å². The third-order valence-electron chi connectivity index (χ3n) is 1.60. The first kappa shape index (κ1) is 8.68. The molecule has 0 saturated heterocycles. The highest BCUT2D eigenvalue weighted by Crippen LogP contribution is 2.17. The number of halogens is 1. The number of alkyl halides is 1. The third-order valence-corrected chi connectivity index (χ3v) is 2.25. The highest BCUT2D eigenvalue weighted by molar-refractivity contribution is 14.1. The van der Waals surface area contributed by atoms with Gasteiger partial charge in [-0.05, 0) is 12.1 Å². The molecule has 1 heterocycles. The van der Waals surface area contributed by atoms with Gasteiger partial charge in [-0.2, -0.15) is 0 Å². The monoisotopic (exact) mass is 286 g/mol. The van der Waals surface area contributed by atoms with E-state index >= 15 is 0 Å². The average Bonchev–Trinajstić information content (AvgIpc) is 2.67. The fourth-order valence-electron chi connectivity index (χ4n) is 1.00. The van der Waals surface area contributed by atoms with E-state index in [1.165, 1.54) is 0 Å². The molecule has 0 aliphatic rings. The number of nitrogens with zero attached hydrogens (tertiary/aromatic N) is 2. The van der Waals surface area contributed by atoms with Crippen LogP contribution in [0.15, 0.2) is 34.7 Å². The summed E-state index contributed by atoms with van der Waals surface area (Å²) in [6, 6.07) is 9.75. The molecule has 0 fully saturated rings. The van der Waals surface area contributed by atoms with Crippen molar-refractivity contribution in [2.45, 2.75) is 4.43 Å². The highest BCUT2D eigenvalue weighted by Gasteiger charge is 2.05. The number of benzene rings is 1. The van der Waals surface area contributed by atoms with E-state index in [1.54, 1.807) is 0 Å². The van der Waals surface area contributed by atoms with Crippen LogP contribution in [0.3, 0.4) is 0 Å². The molecule has 0 atom stereocenters. The maximum atomic E-state index is 5.39. The molecule has 3 nitrogen and oxygen atoms in total. The van der Waals surface area contributed by atoms with Crippen molar-refractivity contribution in [1.82, 2.24) is 10.2 Å². The summed E-state index contributed by atoms with van der Waals surface area (Å²) in [6.07, 6.45) is 0. The molecule has 66 valence electrons. The van der Waals surface area contributed by atoms with E-state index in [-0.39, 0.29) is 0 Å². The molecule has 4 heteroatoms. The van der Waals surface area contributed by atoms with Crippen LogP contribution >= 0.6 is 22.6 Å². The molecule has 0 aliphatic carbocycles. The Morgan fingerprint density at radius 2 is 1.92 bits per heavy atom. The topological polar surface area (TPSA) is 38.9 Å². The predicted octanol–water partition coefficient (Wildman–Crippen LogP) is 2.67. The summed E-state index contributed by atoms with van der Waals surface area (Å²) in [5, 5.41) is 7.82. The van der Waals surface area contributed by atoms with Crippen LogP contribution in [0.1, 0.15) is 5.89 Å². The van der Waals surface area contributed by atoms with Crippen molar-refractivity contribution in [1.29, 1.82) is 0 Å². The Hall–Kier alpha value is -0.910. The molecule has 2 aromatic rings. The molecule has 0 aliphatic heterocycles. The largest absolute Gasteiger partial charge is 0.420 e. The summed E-state index contributed by atoms with van der Waals surface area (Å²) in [5.74, 6) is 1.26. The molecule has 2 rings (SSSR count). The van der Waals surface area contributed by atoms with Crippen LogP contribution in [0.5, 0.6) is 0 Å². The van der Waals surface area contributed by atoms with Crippen LogP contribution in [0.25, 0.3) is 11.5 Å². The van der Waals surface area contributed by atoms with Crippen LogP contribution in [0, 0.1) is 0 Å². The lowest BCUT2D eigenvalue weighted by Gasteiger charge is -1.90. The first-order valence-electron chi connectivity index (χ1n) is 3.84. The van der Waals surface area contributed by atoms with Gasteiger partial charge in [0.25, 0.3) is 0 Å². The summed E-state index contributed by atoms with van der Waals surface area (Å²) >= 11 is 2.19. The van der Waals surface area contributed by atoms with E-state index in [4.69, 9.17) is 4.42 Å². The van der Waals surface area contributed by atoms with Crippen molar-refractivity contribution in [2.24, 2.45) is 0 Å². The van der Waals surface area contributed by atoms with Crippen molar-refractivity contribution in [3.63, 3.8) is 0 Å². The number of rotatable bonds is 2. The van der Waals surface area contributed by atoms with E-state index in [1.807, 2.05) is 30.3 Å². The van der Waals surface area contributed by atoms with Crippen LogP contribution in [0.2, 0.25) is 0 Å². The second kappa shape index (κ2) is 3.87. The van der Waals surface area contributed by atoms with Gasteiger partial charge >= 0.3 is 0 Å². The summed E-state index contributed by atoms with van der Waals surface area (Å²) < 4.78 is 6.14. The Morgan fingerprint density at radius 1 is 1.15 bits per heavy atom. The molecule has 13 heavy (non-hydrogen) atoms. The van der Waals surface area contributed by atoms with Crippen molar-refractivity contribution >= 4 is 22.6 Å². The third kappa shape index (κ3) is 1.88. The van der Waals surface area contributed by atoms with Crippen LogP contribution < -0.4 is 0 Å². The smallest absolute Gasteiger partial charge is 0.247 e. The van der Waals surface area contributed by atoms with Crippen LogP contribution in [-0.4, -0.2) is 10.2 Å². The first-order chi connectivity index (χ1) is 6.40. The van der Waals surface area contributed by atoms with Crippen molar-refractivity contribution in [3.8, 4) is 11.5 Å². The van der Waals surface area contributed by atoms with Crippen LogP contribution in [-0.2, 0) is 4.43 Å². The molecule has 0 unspecified atom stereocenters. The van der Waals surface area contributed by atoms with Crippen molar-refractivity contribution in [2.75, 3.05) is 0 Å². The summed E-state index contributed by atoms with van der Waals surface area (Å²) in [6.45, 7) is 0. The zero-order chi connectivity index (χ0) is 9.10. The summed E-state index contributed by atoms with van der Waals surface area (Å²) in [5.41, 5.74) is 0.964. The first-order valence-corrected chi connectivity index (χ1v) is 5.36. The molecule has 0 spiro atoms. The van der Waals surface area contributed by atoms with E-state index < -0.39 is 0 Å².